The van der Waals surface area contributed by atoms with Gasteiger partial charge in [-0.15, -0.1) is 0 Å². The van der Waals surface area contributed by atoms with Crippen molar-refractivity contribution in [1.82, 2.24) is 0 Å². The van der Waals surface area contributed by atoms with Gasteiger partial charge in [-0.2, -0.15) is 0 Å². The molecule has 0 spiro atoms. The first-order valence-corrected chi connectivity index (χ1v) is 8.69. The first-order chi connectivity index (χ1) is 13.6. The molecule has 1 N–H and O–H groups in total. The lowest BCUT2D eigenvalue weighted by molar-refractivity contribution is 0.0697. The SMILES string of the molecule is COc1ccc2oc(-c3ccccc3)cc(=Nc3ccc(C(=O)O)cc3)c2c1. The normalized spacial score (nSPS) is 11.5. The summed E-state index contributed by atoms with van der Waals surface area (Å²) in [5.74, 6) is 0.429. The number of aromatic carboxylic acids is 1. The summed E-state index contributed by atoms with van der Waals surface area (Å²) in [5.41, 5.74) is 2.50. The predicted octanol–water partition coefficient (Wildman–Crippen LogP) is 5.04. The molecule has 0 atom stereocenters. The number of benzene rings is 3. The topological polar surface area (TPSA) is 72.0 Å². The van der Waals surface area contributed by atoms with Gasteiger partial charge < -0.3 is 14.3 Å². The van der Waals surface area contributed by atoms with Gasteiger partial charge in [-0.1, -0.05) is 30.3 Å². The minimum Gasteiger partial charge on any atom is -0.497 e. The zero-order chi connectivity index (χ0) is 19.5. The van der Waals surface area contributed by atoms with Crippen molar-refractivity contribution in [3.05, 3.63) is 89.8 Å². The smallest absolute Gasteiger partial charge is 0.335 e. The molecule has 5 heteroatoms. The lowest BCUT2D eigenvalue weighted by atomic mass is 10.1. The van der Waals surface area contributed by atoms with E-state index in [2.05, 4.69) is 0 Å². The molecule has 1 heterocycles. The Balaban J connectivity index is 1.94. The Morgan fingerprint density at radius 2 is 1.71 bits per heavy atom. The van der Waals surface area contributed by atoms with Gasteiger partial charge in [0, 0.05) is 17.0 Å². The van der Waals surface area contributed by atoms with Crippen LogP contribution in [0.3, 0.4) is 0 Å². The molecule has 0 aliphatic carbocycles. The summed E-state index contributed by atoms with van der Waals surface area (Å²) >= 11 is 0. The molecule has 3 aromatic carbocycles. The maximum absolute atomic E-state index is 11.1. The van der Waals surface area contributed by atoms with Gasteiger partial charge in [-0.25, -0.2) is 9.79 Å². The van der Waals surface area contributed by atoms with Gasteiger partial charge in [0.05, 0.1) is 23.7 Å². The monoisotopic (exact) mass is 371 g/mol. The number of carbonyl (C=O) groups is 1. The van der Waals surface area contributed by atoms with Crippen LogP contribution in [0.5, 0.6) is 5.75 Å². The summed E-state index contributed by atoms with van der Waals surface area (Å²) < 4.78 is 11.4. The van der Waals surface area contributed by atoms with E-state index in [1.807, 2.05) is 54.6 Å². The molecule has 0 aliphatic heterocycles. The number of hydrogen-bond acceptors (Lipinski definition) is 4. The van der Waals surface area contributed by atoms with Gasteiger partial charge in [-0.05, 0) is 42.5 Å². The summed E-state index contributed by atoms with van der Waals surface area (Å²) in [6.45, 7) is 0. The van der Waals surface area contributed by atoms with Gasteiger partial charge >= 0.3 is 5.97 Å². The van der Waals surface area contributed by atoms with Crippen molar-refractivity contribution in [1.29, 1.82) is 0 Å². The summed E-state index contributed by atoms with van der Waals surface area (Å²) in [6.07, 6.45) is 0. The third-order valence-corrected chi connectivity index (χ3v) is 4.37. The fourth-order valence-electron chi connectivity index (χ4n) is 2.93. The first-order valence-electron chi connectivity index (χ1n) is 8.69. The van der Waals surface area contributed by atoms with Crippen molar-refractivity contribution >= 4 is 22.6 Å². The maximum Gasteiger partial charge on any atom is 0.335 e. The molecule has 0 saturated carbocycles. The number of hydrogen-bond donors (Lipinski definition) is 1. The number of carboxylic acid groups (broad SMARTS) is 1. The van der Waals surface area contributed by atoms with E-state index in [4.69, 9.17) is 19.3 Å². The molecule has 4 aromatic rings. The second-order valence-electron chi connectivity index (χ2n) is 6.19. The van der Waals surface area contributed by atoms with Crippen LogP contribution in [0.15, 0.2) is 88.3 Å². The Kier molecular flexibility index (Phi) is 4.64. The molecule has 4 rings (SSSR count). The van der Waals surface area contributed by atoms with E-state index in [1.165, 1.54) is 12.1 Å². The highest BCUT2D eigenvalue weighted by molar-refractivity contribution is 5.88. The van der Waals surface area contributed by atoms with Crippen LogP contribution in [-0.2, 0) is 0 Å². The maximum atomic E-state index is 11.1. The van der Waals surface area contributed by atoms with Crippen LogP contribution in [0, 0.1) is 0 Å². The van der Waals surface area contributed by atoms with Crippen LogP contribution in [0.1, 0.15) is 10.4 Å². The van der Waals surface area contributed by atoms with Gasteiger partial charge in [-0.3, -0.25) is 0 Å². The zero-order valence-corrected chi connectivity index (χ0v) is 15.1. The molecular weight excluding hydrogens is 354 g/mol. The van der Waals surface area contributed by atoms with Crippen molar-refractivity contribution in [2.75, 3.05) is 7.11 Å². The van der Waals surface area contributed by atoms with E-state index in [9.17, 15) is 4.79 Å². The second-order valence-corrected chi connectivity index (χ2v) is 6.19. The van der Waals surface area contributed by atoms with Crippen molar-refractivity contribution < 1.29 is 19.1 Å². The van der Waals surface area contributed by atoms with E-state index in [0.29, 0.717) is 28.1 Å². The molecule has 0 unspecified atom stereocenters. The van der Waals surface area contributed by atoms with E-state index >= 15 is 0 Å². The summed E-state index contributed by atoms with van der Waals surface area (Å²) in [5, 5.41) is 10.6. The molecule has 0 bridgehead atoms. The number of rotatable bonds is 4. The number of carboxylic acids is 1. The minimum atomic E-state index is -0.966. The molecule has 0 aliphatic rings. The van der Waals surface area contributed by atoms with Crippen molar-refractivity contribution in [3.8, 4) is 17.1 Å². The minimum absolute atomic E-state index is 0.221. The van der Waals surface area contributed by atoms with Gasteiger partial charge in [0.1, 0.15) is 17.1 Å². The van der Waals surface area contributed by atoms with Crippen LogP contribution in [0.4, 0.5) is 5.69 Å². The van der Waals surface area contributed by atoms with E-state index < -0.39 is 5.97 Å². The molecule has 0 amide bonds. The number of ether oxygens (including phenoxy) is 1. The lowest BCUT2D eigenvalue weighted by Crippen LogP contribution is -2.03. The molecule has 28 heavy (non-hydrogen) atoms. The third-order valence-electron chi connectivity index (χ3n) is 4.37. The summed E-state index contributed by atoms with van der Waals surface area (Å²) in [4.78, 5) is 15.8. The fraction of sp³-hybridized carbons (Fsp3) is 0.0435. The van der Waals surface area contributed by atoms with Gasteiger partial charge in [0.2, 0.25) is 0 Å². The van der Waals surface area contributed by atoms with Crippen molar-refractivity contribution in [2.24, 2.45) is 4.99 Å². The largest absolute Gasteiger partial charge is 0.497 e. The molecule has 0 saturated heterocycles. The van der Waals surface area contributed by atoms with Crippen molar-refractivity contribution in [2.45, 2.75) is 0 Å². The summed E-state index contributed by atoms with van der Waals surface area (Å²) in [7, 11) is 1.61. The zero-order valence-electron chi connectivity index (χ0n) is 15.1. The Morgan fingerprint density at radius 3 is 2.39 bits per heavy atom. The highest BCUT2D eigenvalue weighted by Gasteiger charge is 2.08. The highest BCUT2D eigenvalue weighted by atomic mass is 16.5. The molecule has 138 valence electrons. The Morgan fingerprint density at radius 1 is 0.964 bits per heavy atom. The van der Waals surface area contributed by atoms with Gasteiger partial charge in [0.25, 0.3) is 0 Å². The fourth-order valence-corrected chi connectivity index (χ4v) is 2.93. The molecule has 1 aromatic heterocycles. The first kappa shape index (κ1) is 17.5. The predicted molar refractivity (Wildman–Crippen MR) is 107 cm³/mol. The van der Waals surface area contributed by atoms with Crippen LogP contribution in [0.2, 0.25) is 0 Å². The molecule has 0 radical (unpaired) electrons. The molecule has 0 fully saturated rings. The average Bonchev–Trinajstić information content (AvgIpc) is 2.74. The highest BCUT2D eigenvalue weighted by Crippen LogP contribution is 2.25. The average molecular weight is 371 g/mol. The number of fused-ring (bicyclic) bond motifs is 1. The quantitative estimate of drug-likeness (QED) is 0.545. The van der Waals surface area contributed by atoms with E-state index in [-0.39, 0.29) is 5.56 Å². The number of methoxy groups -OCH3 is 1. The van der Waals surface area contributed by atoms with Crippen LogP contribution < -0.4 is 10.1 Å². The Labute approximate surface area is 161 Å². The number of nitrogens with zero attached hydrogens (tertiary/aromatic N) is 1. The van der Waals surface area contributed by atoms with Crippen LogP contribution in [0.25, 0.3) is 22.3 Å². The summed E-state index contributed by atoms with van der Waals surface area (Å²) in [6, 6.07) is 23.7. The Bertz CT molecular complexity index is 1210. The lowest BCUT2D eigenvalue weighted by Gasteiger charge is -2.07. The second kappa shape index (κ2) is 7.40. The van der Waals surface area contributed by atoms with Gasteiger partial charge in [0.15, 0.2) is 0 Å². The Hall–Kier alpha value is -3.86. The molecule has 5 nitrogen and oxygen atoms in total. The van der Waals surface area contributed by atoms with Crippen LogP contribution in [-0.4, -0.2) is 18.2 Å². The van der Waals surface area contributed by atoms with E-state index in [0.717, 1.165) is 10.9 Å². The standard InChI is InChI=1S/C23H17NO4/c1-27-18-11-12-21-19(13-18)20(14-22(28-21)15-5-3-2-4-6-15)24-17-9-7-16(8-10-17)23(25)26/h2-14H,1H3,(H,25,26). The molecular formula is C23H17NO4. The van der Waals surface area contributed by atoms with E-state index in [1.54, 1.807) is 19.2 Å². The third kappa shape index (κ3) is 3.50. The van der Waals surface area contributed by atoms with Crippen LogP contribution >= 0.6 is 0 Å². The van der Waals surface area contributed by atoms with Crippen molar-refractivity contribution in [3.63, 3.8) is 0 Å².